The van der Waals surface area contributed by atoms with Gasteiger partial charge in [-0.05, 0) is 37.1 Å². The molecule has 5 nitrogen and oxygen atoms in total. The highest BCUT2D eigenvalue weighted by atomic mass is 19.1. The van der Waals surface area contributed by atoms with E-state index in [1.165, 1.54) is 6.07 Å². The van der Waals surface area contributed by atoms with Crippen LogP contribution in [0.1, 0.15) is 23.7 Å². The number of β-amino-alcohol motifs (C(OH)–C–C–N with tert-alkyl or cyclic N) is 1. The molecule has 0 radical (unpaired) electrons. The number of anilines is 1. The third kappa shape index (κ3) is 4.53. The monoisotopic (exact) mass is 340 g/mol. The molecule has 2 atom stereocenters. The van der Waals surface area contributed by atoms with Crippen LogP contribution in [0, 0.1) is 23.1 Å². The van der Waals surface area contributed by atoms with Crippen LogP contribution < -0.4 is 5.32 Å². The Balaban J connectivity index is 1.47. The average molecular weight is 340 g/mol. The molecular formula is C19H21FN4O. The summed E-state index contributed by atoms with van der Waals surface area (Å²) in [6.45, 7) is 2.96. The van der Waals surface area contributed by atoms with Crippen LogP contribution in [0.5, 0.6) is 0 Å². The van der Waals surface area contributed by atoms with E-state index >= 15 is 0 Å². The van der Waals surface area contributed by atoms with Crippen molar-refractivity contribution in [3.05, 3.63) is 59.5 Å². The molecule has 3 rings (SSSR count). The predicted octanol–water partition coefficient (Wildman–Crippen LogP) is 2.56. The van der Waals surface area contributed by atoms with Gasteiger partial charge in [-0.1, -0.05) is 18.2 Å². The van der Waals surface area contributed by atoms with Crippen molar-refractivity contribution in [2.75, 3.05) is 31.5 Å². The molecule has 25 heavy (non-hydrogen) atoms. The van der Waals surface area contributed by atoms with Crippen LogP contribution in [-0.4, -0.2) is 41.2 Å². The number of nitrogens with zero attached hydrogens (tertiary/aromatic N) is 3. The van der Waals surface area contributed by atoms with E-state index in [4.69, 9.17) is 5.26 Å². The van der Waals surface area contributed by atoms with Crippen molar-refractivity contribution in [1.82, 2.24) is 9.88 Å². The van der Waals surface area contributed by atoms with E-state index < -0.39 is 6.10 Å². The second-order valence-corrected chi connectivity index (χ2v) is 6.38. The number of benzene rings is 1. The Morgan fingerprint density at radius 1 is 1.36 bits per heavy atom. The van der Waals surface area contributed by atoms with Gasteiger partial charge in [0.2, 0.25) is 0 Å². The zero-order valence-electron chi connectivity index (χ0n) is 13.9. The quantitative estimate of drug-likeness (QED) is 0.846. The first-order valence-electron chi connectivity index (χ1n) is 8.40. The molecule has 0 bridgehead atoms. The topological polar surface area (TPSA) is 72.2 Å². The molecule has 6 heteroatoms. The van der Waals surface area contributed by atoms with Crippen molar-refractivity contribution in [2.45, 2.75) is 12.5 Å². The maximum atomic E-state index is 13.7. The number of aliphatic hydroxyl groups excluding tert-OH is 1. The molecular weight excluding hydrogens is 319 g/mol. The summed E-state index contributed by atoms with van der Waals surface area (Å²) < 4.78 is 13.7. The number of nitriles is 1. The van der Waals surface area contributed by atoms with E-state index in [2.05, 4.69) is 15.2 Å². The number of rotatable bonds is 6. The van der Waals surface area contributed by atoms with Crippen molar-refractivity contribution in [1.29, 1.82) is 5.26 Å². The molecule has 0 amide bonds. The predicted molar refractivity (Wildman–Crippen MR) is 93.3 cm³/mol. The van der Waals surface area contributed by atoms with E-state index in [0.29, 0.717) is 23.6 Å². The van der Waals surface area contributed by atoms with Gasteiger partial charge in [-0.25, -0.2) is 9.37 Å². The fourth-order valence-electron chi connectivity index (χ4n) is 3.15. The summed E-state index contributed by atoms with van der Waals surface area (Å²) in [5.74, 6) is 0.841. The van der Waals surface area contributed by atoms with Gasteiger partial charge < -0.3 is 15.3 Å². The second-order valence-electron chi connectivity index (χ2n) is 6.38. The lowest BCUT2D eigenvalue weighted by Crippen LogP contribution is -2.28. The number of aliphatic hydroxyl groups is 1. The number of halogens is 1. The molecule has 1 aromatic heterocycles. The van der Waals surface area contributed by atoms with E-state index in [1.807, 2.05) is 6.07 Å². The molecule has 0 unspecified atom stereocenters. The van der Waals surface area contributed by atoms with Gasteiger partial charge in [-0.2, -0.15) is 5.26 Å². The van der Waals surface area contributed by atoms with Crippen molar-refractivity contribution in [3.8, 4) is 6.07 Å². The zero-order chi connectivity index (χ0) is 17.6. The standard InChI is InChI=1S/C19H21FN4O/c20-17-4-2-1-3-16(17)18(25)13-24-8-7-15(12-24)11-23-19-6-5-14(9-21)10-22-19/h1-6,10,15,18,25H,7-8,11-13H2,(H,22,23)/t15-,18+/m1/s1. The van der Waals surface area contributed by atoms with Gasteiger partial charge in [-0.15, -0.1) is 0 Å². The van der Waals surface area contributed by atoms with Crippen molar-refractivity contribution >= 4 is 5.82 Å². The van der Waals surface area contributed by atoms with Gasteiger partial charge in [0.1, 0.15) is 17.7 Å². The van der Waals surface area contributed by atoms with Gasteiger partial charge in [0.05, 0.1) is 11.7 Å². The molecule has 1 saturated heterocycles. The first kappa shape index (κ1) is 17.3. The Hall–Kier alpha value is -2.49. The first-order chi connectivity index (χ1) is 12.2. The Bertz CT molecular complexity index is 744. The van der Waals surface area contributed by atoms with E-state index in [1.54, 1.807) is 36.5 Å². The zero-order valence-corrected chi connectivity index (χ0v) is 13.9. The fraction of sp³-hybridized carbons (Fsp3) is 0.368. The van der Waals surface area contributed by atoms with Gasteiger partial charge in [0, 0.05) is 31.4 Å². The summed E-state index contributed by atoms with van der Waals surface area (Å²) >= 11 is 0. The average Bonchev–Trinajstić information content (AvgIpc) is 3.08. The third-order valence-electron chi connectivity index (χ3n) is 4.53. The summed E-state index contributed by atoms with van der Waals surface area (Å²) in [6.07, 6.45) is 1.76. The first-order valence-corrected chi connectivity index (χ1v) is 8.40. The van der Waals surface area contributed by atoms with Crippen LogP contribution in [0.15, 0.2) is 42.6 Å². The van der Waals surface area contributed by atoms with Gasteiger partial charge in [0.15, 0.2) is 0 Å². The summed E-state index contributed by atoms with van der Waals surface area (Å²) in [5, 5.41) is 22.3. The molecule has 0 saturated carbocycles. The smallest absolute Gasteiger partial charge is 0.129 e. The van der Waals surface area contributed by atoms with Crippen molar-refractivity contribution in [3.63, 3.8) is 0 Å². The van der Waals surface area contributed by atoms with E-state index in [0.717, 1.165) is 31.9 Å². The van der Waals surface area contributed by atoms with Crippen LogP contribution in [-0.2, 0) is 0 Å². The Morgan fingerprint density at radius 2 is 2.20 bits per heavy atom. The lowest BCUT2D eigenvalue weighted by Gasteiger charge is -2.21. The Morgan fingerprint density at radius 3 is 2.92 bits per heavy atom. The minimum Gasteiger partial charge on any atom is -0.387 e. The van der Waals surface area contributed by atoms with E-state index in [9.17, 15) is 9.50 Å². The molecule has 1 aliphatic heterocycles. The molecule has 1 aliphatic rings. The number of pyridine rings is 1. The molecule has 1 aromatic carbocycles. The normalized spacial score (nSPS) is 18.7. The van der Waals surface area contributed by atoms with Crippen LogP contribution >= 0.6 is 0 Å². The van der Waals surface area contributed by atoms with Gasteiger partial charge in [-0.3, -0.25) is 0 Å². The minimum atomic E-state index is -0.812. The number of likely N-dealkylation sites (tertiary alicyclic amines) is 1. The molecule has 130 valence electrons. The van der Waals surface area contributed by atoms with Crippen LogP contribution in [0.4, 0.5) is 10.2 Å². The highest BCUT2D eigenvalue weighted by Gasteiger charge is 2.25. The summed E-state index contributed by atoms with van der Waals surface area (Å²) in [5.41, 5.74) is 0.894. The molecule has 2 heterocycles. The summed E-state index contributed by atoms with van der Waals surface area (Å²) in [7, 11) is 0. The lowest BCUT2D eigenvalue weighted by molar-refractivity contribution is 0.121. The largest absolute Gasteiger partial charge is 0.387 e. The molecule has 2 N–H and O–H groups in total. The molecule has 1 fully saturated rings. The highest BCUT2D eigenvalue weighted by molar-refractivity contribution is 5.38. The highest BCUT2D eigenvalue weighted by Crippen LogP contribution is 2.22. The number of aromatic nitrogens is 1. The fourth-order valence-corrected chi connectivity index (χ4v) is 3.15. The van der Waals surface area contributed by atoms with E-state index in [-0.39, 0.29) is 5.82 Å². The Labute approximate surface area is 146 Å². The number of nitrogens with one attached hydrogen (secondary N) is 1. The lowest BCUT2D eigenvalue weighted by atomic mass is 10.1. The Kier molecular flexibility index (Phi) is 5.59. The SMILES string of the molecule is N#Cc1ccc(NC[C@H]2CCN(C[C@H](O)c3ccccc3F)C2)nc1. The van der Waals surface area contributed by atoms with Crippen LogP contribution in [0.25, 0.3) is 0 Å². The molecule has 0 spiro atoms. The number of hydrogen-bond acceptors (Lipinski definition) is 5. The van der Waals surface area contributed by atoms with Crippen molar-refractivity contribution < 1.29 is 9.50 Å². The third-order valence-corrected chi connectivity index (χ3v) is 4.53. The summed E-state index contributed by atoms with van der Waals surface area (Å²) in [4.78, 5) is 6.36. The van der Waals surface area contributed by atoms with Crippen LogP contribution in [0.3, 0.4) is 0 Å². The molecule has 0 aliphatic carbocycles. The van der Waals surface area contributed by atoms with Crippen molar-refractivity contribution in [2.24, 2.45) is 5.92 Å². The number of hydrogen-bond donors (Lipinski definition) is 2. The second kappa shape index (κ2) is 8.06. The maximum Gasteiger partial charge on any atom is 0.129 e. The van der Waals surface area contributed by atoms with Gasteiger partial charge >= 0.3 is 0 Å². The van der Waals surface area contributed by atoms with Crippen LogP contribution in [0.2, 0.25) is 0 Å². The molecule has 2 aromatic rings. The minimum absolute atomic E-state index is 0.353. The summed E-state index contributed by atoms with van der Waals surface area (Å²) in [6, 6.07) is 12.0. The maximum absolute atomic E-state index is 13.7. The van der Waals surface area contributed by atoms with Gasteiger partial charge in [0.25, 0.3) is 0 Å².